The first kappa shape index (κ1) is 13.6. The van der Waals surface area contributed by atoms with Crippen molar-refractivity contribution in [3.63, 3.8) is 0 Å². The summed E-state index contributed by atoms with van der Waals surface area (Å²) in [5.41, 5.74) is 1.29. The van der Waals surface area contributed by atoms with Crippen LogP contribution in [0.15, 0.2) is 23.2 Å². The molecule has 5 heteroatoms. The van der Waals surface area contributed by atoms with E-state index in [0.29, 0.717) is 12.0 Å². The summed E-state index contributed by atoms with van der Waals surface area (Å²) in [6.45, 7) is 6.78. The minimum Gasteiger partial charge on any atom is -0.490 e. The summed E-state index contributed by atoms with van der Waals surface area (Å²) in [6, 6.07) is 5.96. The van der Waals surface area contributed by atoms with E-state index in [0.717, 1.165) is 47.7 Å². The first-order valence-corrected chi connectivity index (χ1v) is 7.95. The minimum atomic E-state index is 0.292. The number of hydrogen-bond acceptors (Lipinski definition) is 5. The van der Waals surface area contributed by atoms with Crippen molar-refractivity contribution in [3.05, 3.63) is 18.2 Å². The van der Waals surface area contributed by atoms with Crippen molar-refractivity contribution in [1.82, 2.24) is 0 Å². The fourth-order valence-electron chi connectivity index (χ4n) is 2.08. The summed E-state index contributed by atoms with van der Waals surface area (Å²) in [7, 11) is 0. The van der Waals surface area contributed by atoms with Gasteiger partial charge < -0.3 is 14.8 Å². The number of nitrogens with one attached hydrogen (secondary N) is 1. The average molecular weight is 292 g/mol. The van der Waals surface area contributed by atoms with Crippen molar-refractivity contribution in [2.75, 3.05) is 30.8 Å². The standard InChI is InChI=1S/C15H20N2O2S/c1-15(2)9-16-14(20-10-15)17-11-4-5-12-13(8-11)19-7-3-6-18-12/h4-5,8H,3,6-7,9-10H2,1-2H3,(H,16,17). The molecule has 108 valence electrons. The highest BCUT2D eigenvalue weighted by Crippen LogP contribution is 2.33. The number of aliphatic imine (C=N–C) groups is 1. The number of benzene rings is 1. The lowest BCUT2D eigenvalue weighted by Crippen LogP contribution is -2.27. The molecule has 0 aromatic heterocycles. The summed E-state index contributed by atoms with van der Waals surface area (Å²) in [5, 5.41) is 4.35. The summed E-state index contributed by atoms with van der Waals surface area (Å²) in [5.74, 6) is 2.73. The topological polar surface area (TPSA) is 42.9 Å². The number of rotatable bonds is 1. The van der Waals surface area contributed by atoms with Crippen LogP contribution >= 0.6 is 11.8 Å². The Labute approximate surface area is 123 Å². The van der Waals surface area contributed by atoms with Crippen molar-refractivity contribution >= 4 is 22.6 Å². The zero-order valence-corrected chi connectivity index (χ0v) is 12.8. The highest BCUT2D eigenvalue weighted by molar-refractivity contribution is 8.14. The average Bonchev–Trinajstić information content (AvgIpc) is 2.66. The van der Waals surface area contributed by atoms with Gasteiger partial charge in [0.15, 0.2) is 16.7 Å². The van der Waals surface area contributed by atoms with Gasteiger partial charge in [-0.2, -0.15) is 0 Å². The van der Waals surface area contributed by atoms with E-state index in [9.17, 15) is 0 Å². The number of amidine groups is 1. The molecule has 0 atom stereocenters. The Kier molecular flexibility index (Phi) is 3.78. The van der Waals surface area contributed by atoms with Gasteiger partial charge in [0.2, 0.25) is 0 Å². The van der Waals surface area contributed by atoms with E-state index in [4.69, 9.17) is 9.47 Å². The molecule has 1 N–H and O–H groups in total. The van der Waals surface area contributed by atoms with Crippen molar-refractivity contribution in [2.45, 2.75) is 20.3 Å². The van der Waals surface area contributed by atoms with E-state index >= 15 is 0 Å². The van der Waals surface area contributed by atoms with Crippen LogP contribution in [0.3, 0.4) is 0 Å². The van der Waals surface area contributed by atoms with E-state index in [1.807, 2.05) is 18.2 Å². The molecule has 3 rings (SSSR count). The van der Waals surface area contributed by atoms with Crippen LogP contribution in [0, 0.1) is 5.41 Å². The SMILES string of the molecule is CC1(C)CN=C(Nc2ccc3c(c2)OCCCO3)SC1. The van der Waals surface area contributed by atoms with Gasteiger partial charge in [-0.15, -0.1) is 0 Å². The Morgan fingerprint density at radius 2 is 2.00 bits per heavy atom. The van der Waals surface area contributed by atoms with Gasteiger partial charge in [-0.1, -0.05) is 25.6 Å². The van der Waals surface area contributed by atoms with Crippen LogP contribution in [-0.4, -0.2) is 30.7 Å². The summed E-state index contributed by atoms with van der Waals surface area (Å²) in [4.78, 5) is 4.60. The normalized spacial score (nSPS) is 20.8. The molecule has 0 spiro atoms. The minimum absolute atomic E-state index is 0.292. The Morgan fingerprint density at radius 3 is 2.75 bits per heavy atom. The van der Waals surface area contributed by atoms with Crippen molar-refractivity contribution in [1.29, 1.82) is 0 Å². The van der Waals surface area contributed by atoms with Crippen LogP contribution in [0.25, 0.3) is 0 Å². The van der Waals surface area contributed by atoms with Crippen LogP contribution in [0.4, 0.5) is 5.69 Å². The van der Waals surface area contributed by atoms with Gasteiger partial charge in [-0.3, -0.25) is 4.99 Å². The highest BCUT2D eigenvalue weighted by atomic mass is 32.2. The molecule has 0 bridgehead atoms. The molecule has 0 saturated heterocycles. The molecular weight excluding hydrogens is 272 g/mol. The molecule has 0 fully saturated rings. The summed E-state index contributed by atoms with van der Waals surface area (Å²) >= 11 is 1.77. The monoisotopic (exact) mass is 292 g/mol. The molecule has 4 nitrogen and oxygen atoms in total. The Morgan fingerprint density at radius 1 is 1.20 bits per heavy atom. The fourth-order valence-corrected chi connectivity index (χ4v) is 3.05. The molecule has 1 aromatic carbocycles. The molecule has 20 heavy (non-hydrogen) atoms. The third-order valence-electron chi connectivity index (χ3n) is 3.25. The maximum atomic E-state index is 5.70. The number of hydrogen-bond donors (Lipinski definition) is 1. The predicted molar refractivity (Wildman–Crippen MR) is 84.2 cm³/mol. The molecule has 0 saturated carbocycles. The van der Waals surface area contributed by atoms with E-state index in [1.54, 1.807) is 11.8 Å². The van der Waals surface area contributed by atoms with Gasteiger partial charge in [-0.25, -0.2) is 0 Å². The quantitative estimate of drug-likeness (QED) is 0.861. The number of ether oxygens (including phenoxy) is 2. The second kappa shape index (κ2) is 5.56. The molecule has 1 aromatic rings. The van der Waals surface area contributed by atoms with Gasteiger partial charge in [0, 0.05) is 30.5 Å². The van der Waals surface area contributed by atoms with Gasteiger partial charge in [-0.05, 0) is 17.5 Å². The van der Waals surface area contributed by atoms with E-state index in [1.165, 1.54) is 0 Å². The van der Waals surface area contributed by atoms with Crippen molar-refractivity contribution < 1.29 is 9.47 Å². The molecular formula is C15H20N2O2S. The fraction of sp³-hybridized carbons (Fsp3) is 0.533. The van der Waals surface area contributed by atoms with Gasteiger partial charge >= 0.3 is 0 Å². The van der Waals surface area contributed by atoms with Crippen molar-refractivity contribution in [2.24, 2.45) is 10.4 Å². The van der Waals surface area contributed by atoms with Gasteiger partial charge in [0.1, 0.15) is 0 Å². The lowest BCUT2D eigenvalue weighted by molar-refractivity contribution is 0.297. The Hall–Kier alpha value is -1.36. The maximum absolute atomic E-state index is 5.70. The first-order valence-electron chi connectivity index (χ1n) is 6.96. The van der Waals surface area contributed by atoms with Gasteiger partial charge in [0.05, 0.1) is 13.2 Å². The lowest BCUT2D eigenvalue weighted by atomic mass is 9.97. The smallest absolute Gasteiger partial charge is 0.163 e. The van der Waals surface area contributed by atoms with Crippen LogP contribution in [0.2, 0.25) is 0 Å². The zero-order valence-electron chi connectivity index (χ0n) is 11.9. The zero-order chi connectivity index (χ0) is 14.0. The van der Waals surface area contributed by atoms with Crippen molar-refractivity contribution in [3.8, 4) is 11.5 Å². The third kappa shape index (κ3) is 3.20. The number of thioether (sulfide) groups is 1. The largest absolute Gasteiger partial charge is 0.490 e. The Balaban J connectivity index is 1.72. The summed E-state index contributed by atoms with van der Waals surface area (Å²) < 4.78 is 11.3. The molecule has 0 aliphatic carbocycles. The second-order valence-electron chi connectivity index (χ2n) is 5.91. The predicted octanol–water partition coefficient (Wildman–Crippen LogP) is 3.39. The van der Waals surface area contributed by atoms with Crippen LogP contribution in [-0.2, 0) is 0 Å². The second-order valence-corrected chi connectivity index (χ2v) is 6.88. The molecule has 0 radical (unpaired) electrons. The molecule has 0 unspecified atom stereocenters. The number of anilines is 1. The summed E-state index contributed by atoms with van der Waals surface area (Å²) in [6.07, 6.45) is 0.926. The maximum Gasteiger partial charge on any atom is 0.163 e. The third-order valence-corrected chi connectivity index (χ3v) is 4.68. The van der Waals surface area contributed by atoms with E-state index < -0.39 is 0 Å². The van der Waals surface area contributed by atoms with Crippen LogP contribution < -0.4 is 14.8 Å². The molecule has 2 aliphatic heterocycles. The lowest BCUT2D eigenvalue weighted by Gasteiger charge is -2.27. The molecule has 2 aliphatic rings. The van der Waals surface area contributed by atoms with E-state index in [2.05, 4.69) is 24.2 Å². The number of nitrogens with zero attached hydrogens (tertiary/aromatic N) is 1. The Bertz CT molecular complexity index is 529. The van der Waals surface area contributed by atoms with Crippen LogP contribution in [0.1, 0.15) is 20.3 Å². The van der Waals surface area contributed by atoms with Gasteiger partial charge in [0.25, 0.3) is 0 Å². The highest BCUT2D eigenvalue weighted by Gasteiger charge is 2.23. The molecule has 2 heterocycles. The number of fused-ring (bicyclic) bond motifs is 1. The first-order chi connectivity index (χ1) is 9.62. The van der Waals surface area contributed by atoms with E-state index in [-0.39, 0.29) is 0 Å². The van der Waals surface area contributed by atoms with Crippen LogP contribution in [0.5, 0.6) is 11.5 Å². The molecule has 0 amide bonds.